The van der Waals surface area contributed by atoms with E-state index >= 15 is 0 Å². The summed E-state index contributed by atoms with van der Waals surface area (Å²) in [6.45, 7) is 2.48. The van der Waals surface area contributed by atoms with Crippen molar-refractivity contribution in [2.75, 3.05) is 45.7 Å². The van der Waals surface area contributed by atoms with Gasteiger partial charge in [-0.3, -0.25) is 4.79 Å². The number of rotatable bonds is 4. The molecule has 1 fully saturated rings. The Kier molecular flexibility index (Phi) is 5.08. The van der Waals surface area contributed by atoms with Gasteiger partial charge in [-0.2, -0.15) is 0 Å². The molecule has 0 saturated carbocycles. The van der Waals surface area contributed by atoms with Crippen molar-refractivity contribution in [1.82, 2.24) is 10.2 Å². The van der Waals surface area contributed by atoms with Crippen LogP contribution in [0, 0.1) is 11.6 Å². The van der Waals surface area contributed by atoms with Gasteiger partial charge in [0, 0.05) is 32.2 Å². The maximum absolute atomic E-state index is 13.6. The molecule has 116 valence electrons. The highest BCUT2D eigenvalue weighted by Crippen LogP contribution is 2.20. The highest BCUT2D eigenvalue weighted by atomic mass is 19.1. The molecule has 0 spiro atoms. The standard InChI is InChI=1S/C14H19F2N3O2/c1-17-13-11(15)5-9(6-12(13)16)14(20)18-7-10-8-19(2)3-4-21-10/h5-6,10,17H,3-4,7-8H2,1-2H3,(H,18,20). The summed E-state index contributed by atoms with van der Waals surface area (Å²) >= 11 is 0. The molecule has 0 bridgehead atoms. The van der Waals surface area contributed by atoms with Crippen molar-refractivity contribution in [3.63, 3.8) is 0 Å². The van der Waals surface area contributed by atoms with E-state index in [0.717, 1.165) is 18.7 Å². The van der Waals surface area contributed by atoms with E-state index in [1.54, 1.807) is 0 Å². The summed E-state index contributed by atoms with van der Waals surface area (Å²) in [4.78, 5) is 14.0. The third-order valence-corrected chi connectivity index (χ3v) is 3.39. The van der Waals surface area contributed by atoms with Gasteiger partial charge in [-0.05, 0) is 19.2 Å². The van der Waals surface area contributed by atoms with Gasteiger partial charge in [0.1, 0.15) is 17.3 Å². The lowest BCUT2D eigenvalue weighted by molar-refractivity contribution is -0.0175. The van der Waals surface area contributed by atoms with Crippen LogP contribution in [0.2, 0.25) is 0 Å². The molecule has 1 amide bonds. The fraction of sp³-hybridized carbons (Fsp3) is 0.500. The van der Waals surface area contributed by atoms with E-state index in [4.69, 9.17) is 4.74 Å². The summed E-state index contributed by atoms with van der Waals surface area (Å²) in [5.41, 5.74) is -0.294. The second-order valence-electron chi connectivity index (χ2n) is 5.03. The SMILES string of the molecule is CNc1c(F)cc(C(=O)NCC2CN(C)CCO2)cc1F. The van der Waals surface area contributed by atoms with Gasteiger partial charge in [-0.15, -0.1) is 0 Å². The molecule has 1 aliphatic rings. The maximum atomic E-state index is 13.6. The zero-order valence-electron chi connectivity index (χ0n) is 12.1. The fourth-order valence-electron chi connectivity index (χ4n) is 2.24. The highest BCUT2D eigenvalue weighted by molar-refractivity contribution is 5.94. The Morgan fingerprint density at radius 1 is 1.43 bits per heavy atom. The molecule has 0 radical (unpaired) electrons. The van der Waals surface area contributed by atoms with Crippen molar-refractivity contribution in [3.05, 3.63) is 29.3 Å². The average Bonchev–Trinajstić information content (AvgIpc) is 2.44. The van der Waals surface area contributed by atoms with E-state index < -0.39 is 17.5 Å². The van der Waals surface area contributed by atoms with Crippen LogP contribution in [-0.4, -0.2) is 57.2 Å². The Balaban J connectivity index is 1.97. The van der Waals surface area contributed by atoms with Gasteiger partial charge in [-0.1, -0.05) is 0 Å². The molecular weight excluding hydrogens is 280 g/mol. The number of ether oxygens (including phenoxy) is 1. The van der Waals surface area contributed by atoms with Crippen LogP contribution < -0.4 is 10.6 Å². The molecule has 2 rings (SSSR count). The average molecular weight is 299 g/mol. The van der Waals surface area contributed by atoms with Gasteiger partial charge in [0.05, 0.1) is 12.7 Å². The molecule has 7 heteroatoms. The normalized spacial score (nSPS) is 19.3. The number of morpholine rings is 1. The molecule has 21 heavy (non-hydrogen) atoms. The Hall–Kier alpha value is -1.73. The number of halogens is 2. The summed E-state index contributed by atoms with van der Waals surface area (Å²) < 4.78 is 32.7. The van der Waals surface area contributed by atoms with Gasteiger partial charge in [0.15, 0.2) is 0 Å². The minimum atomic E-state index is -0.795. The molecule has 2 N–H and O–H groups in total. The molecule has 0 aliphatic carbocycles. The third-order valence-electron chi connectivity index (χ3n) is 3.39. The van der Waals surface area contributed by atoms with Gasteiger partial charge in [0.25, 0.3) is 5.91 Å². The summed E-state index contributed by atoms with van der Waals surface area (Å²) in [5, 5.41) is 5.05. The first-order chi connectivity index (χ1) is 10.0. The van der Waals surface area contributed by atoms with Crippen LogP contribution in [-0.2, 0) is 4.74 Å². The number of hydrogen-bond acceptors (Lipinski definition) is 4. The van der Waals surface area contributed by atoms with E-state index in [-0.39, 0.29) is 17.4 Å². The summed E-state index contributed by atoms with van der Waals surface area (Å²) in [5.74, 6) is -2.11. The van der Waals surface area contributed by atoms with Crippen molar-refractivity contribution in [2.45, 2.75) is 6.10 Å². The van der Waals surface area contributed by atoms with Crippen LogP contribution in [0.3, 0.4) is 0 Å². The summed E-state index contributed by atoms with van der Waals surface area (Å²) in [6, 6.07) is 2.02. The number of carbonyl (C=O) groups excluding carboxylic acids is 1. The molecular formula is C14H19F2N3O2. The van der Waals surface area contributed by atoms with E-state index in [1.165, 1.54) is 7.05 Å². The number of anilines is 1. The van der Waals surface area contributed by atoms with Gasteiger partial charge in [-0.25, -0.2) is 8.78 Å². The summed E-state index contributed by atoms with van der Waals surface area (Å²) in [6.07, 6.45) is -0.112. The van der Waals surface area contributed by atoms with Crippen molar-refractivity contribution in [3.8, 4) is 0 Å². The van der Waals surface area contributed by atoms with E-state index in [1.807, 2.05) is 7.05 Å². The number of hydrogen-bond donors (Lipinski definition) is 2. The van der Waals surface area contributed by atoms with Gasteiger partial charge < -0.3 is 20.3 Å². The van der Waals surface area contributed by atoms with Crippen LogP contribution in [0.1, 0.15) is 10.4 Å². The minimum absolute atomic E-state index is 0.0480. The fourth-order valence-corrected chi connectivity index (χ4v) is 2.24. The smallest absolute Gasteiger partial charge is 0.251 e. The lowest BCUT2D eigenvalue weighted by Crippen LogP contribution is -2.45. The zero-order chi connectivity index (χ0) is 15.4. The monoisotopic (exact) mass is 299 g/mol. The van der Waals surface area contributed by atoms with E-state index in [0.29, 0.717) is 19.7 Å². The summed E-state index contributed by atoms with van der Waals surface area (Å²) in [7, 11) is 3.39. The highest BCUT2D eigenvalue weighted by Gasteiger charge is 2.19. The number of benzene rings is 1. The van der Waals surface area contributed by atoms with Crippen molar-refractivity contribution in [1.29, 1.82) is 0 Å². The van der Waals surface area contributed by atoms with Crippen LogP contribution >= 0.6 is 0 Å². The number of nitrogens with zero attached hydrogens (tertiary/aromatic N) is 1. The maximum Gasteiger partial charge on any atom is 0.251 e. The van der Waals surface area contributed by atoms with Crippen molar-refractivity contribution >= 4 is 11.6 Å². The number of carbonyl (C=O) groups is 1. The zero-order valence-corrected chi connectivity index (χ0v) is 12.1. The molecule has 1 atom stereocenters. The van der Waals surface area contributed by atoms with Crippen LogP contribution in [0.15, 0.2) is 12.1 Å². The molecule has 0 aromatic heterocycles. The van der Waals surface area contributed by atoms with Crippen LogP contribution in [0.5, 0.6) is 0 Å². The van der Waals surface area contributed by atoms with Gasteiger partial charge in [0.2, 0.25) is 0 Å². The molecule has 1 saturated heterocycles. The minimum Gasteiger partial charge on any atom is -0.383 e. The quantitative estimate of drug-likeness (QED) is 0.873. The predicted octanol–water partition coefficient (Wildman–Crippen LogP) is 1.07. The lowest BCUT2D eigenvalue weighted by Gasteiger charge is -2.30. The first-order valence-corrected chi connectivity index (χ1v) is 6.76. The second-order valence-corrected chi connectivity index (χ2v) is 5.03. The molecule has 1 aromatic carbocycles. The molecule has 1 unspecified atom stereocenters. The number of amides is 1. The van der Waals surface area contributed by atoms with E-state index in [2.05, 4.69) is 15.5 Å². The Morgan fingerprint density at radius 2 is 2.10 bits per heavy atom. The lowest BCUT2D eigenvalue weighted by atomic mass is 10.1. The Bertz CT molecular complexity index is 502. The molecule has 1 aromatic rings. The van der Waals surface area contributed by atoms with Crippen molar-refractivity contribution < 1.29 is 18.3 Å². The van der Waals surface area contributed by atoms with Crippen molar-refractivity contribution in [2.24, 2.45) is 0 Å². The topological polar surface area (TPSA) is 53.6 Å². The van der Waals surface area contributed by atoms with Crippen LogP contribution in [0.25, 0.3) is 0 Å². The number of nitrogens with one attached hydrogen (secondary N) is 2. The first kappa shape index (κ1) is 15.7. The second kappa shape index (κ2) is 6.82. The molecule has 1 heterocycles. The number of likely N-dealkylation sites (N-methyl/N-ethyl adjacent to an activating group) is 1. The largest absolute Gasteiger partial charge is 0.383 e. The Morgan fingerprint density at radius 3 is 2.67 bits per heavy atom. The third kappa shape index (κ3) is 3.89. The van der Waals surface area contributed by atoms with E-state index in [9.17, 15) is 13.6 Å². The molecule has 5 nitrogen and oxygen atoms in total. The Labute approximate surface area is 122 Å². The predicted molar refractivity (Wildman–Crippen MR) is 75.5 cm³/mol. The van der Waals surface area contributed by atoms with Gasteiger partial charge >= 0.3 is 0 Å². The first-order valence-electron chi connectivity index (χ1n) is 6.76. The molecule has 1 aliphatic heterocycles. The van der Waals surface area contributed by atoms with Crippen LogP contribution in [0.4, 0.5) is 14.5 Å².